The Morgan fingerprint density at radius 3 is 3.00 bits per heavy atom. The van der Waals surface area contributed by atoms with Crippen molar-refractivity contribution in [2.24, 2.45) is 0 Å². The summed E-state index contributed by atoms with van der Waals surface area (Å²) in [5.74, 6) is 1.41. The van der Waals surface area contributed by atoms with E-state index in [1.807, 2.05) is 44.4 Å². The van der Waals surface area contributed by atoms with Gasteiger partial charge in [0.05, 0.1) is 17.2 Å². The third kappa shape index (κ3) is 2.81. The molecule has 2 aromatic rings. The lowest BCUT2D eigenvalue weighted by atomic mass is 10.1. The molecule has 1 atom stereocenters. The quantitative estimate of drug-likeness (QED) is 0.926. The van der Waals surface area contributed by atoms with Gasteiger partial charge < -0.3 is 14.8 Å². The minimum absolute atomic E-state index is 0.112. The molecular formula is C17H19NO3S. The SMILES string of the molecule is CCOc1cc2c(cc1NC(=O)c1sccc1C)OC(C)C2. The number of carbonyl (C=O) groups excluding carboxylic acids is 1. The molecule has 5 heteroatoms. The van der Waals surface area contributed by atoms with Crippen LogP contribution in [0.2, 0.25) is 0 Å². The minimum Gasteiger partial charge on any atom is -0.492 e. The number of hydrogen-bond donors (Lipinski definition) is 1. The van der Waals surface area contributed by atoms with Crippen LogP contribution < -0.4 is 14.8 Å². The van der Waals surface area contributed by atoms with Crippen LogP contribution in [0.4, 0.5) is 5.69 Å². The summed E-state index contributed by atoms with van der Waals surface area (Å²) in [5.41, 5.74) is 2.76. The van der Waals surface area contributed by atoms with Crippen LogP contribution in [0.15, 0.2) is 23.6 Å². The standard InChI is InChI=1S/C17H19NO3S/c1-4-20-15-8-12-7-11(3)21-14(12)9-13(15)18-17(19)16-10(2)5-6-22-16/h5-6,8-9,11H,4,7H2,1-3H3,(H,18,19). The summed E-state index contributed by atoms with van der Waals surface area (Å²) in [4.78, 5) is 13.1. The van der Waals surface area contributed by atoms with Gasteiger partial charge >= 0.3 is 0 Å². The van der Waals surface area contributed by atoms with Crippen LogP contribution in [0.5, 0.6) is 11.5 Å². The summed E-state index contributed by atoms with van der Waals surface area (Å²) in [5, 5.41) is 4.87. The molecule has 1 aliphatic rings. The highest BCUT2D eigenvalue weighted by atomic mass is 32.1. The Hall–Kier alpha value is -2.01. The van der Waals surface area contributed by atoms with Crippen molar-refractivity contribution in [3.63, 3.8) is 0 Å². The summed E-state index contributed by atoms with van der Waals surface area (Å²) in [6.07, 6.45) is 1.03. The fraction of sp³-hybridized carbons (Fsp3) is 0.353. The minimum atomic E-state index is -0.112. The van der Waals surface area contributed by atoms with E-state index >= 15 is 0 Å². The van der Waals surface area contributed by atoms with Crippen LogP contribution in [0.1, 0.15) is 34.6 Å². The molecule has 1 unspecified atom stereocenters. The first kappa shape index (κ1) is 14.9. The molecule has 2 heterocycles. The number of anilines is 1. The van der Waals surface area contributed by atoms with E-state index in [2.05, 4.69) is 5.32 Å². The highest BCUT2D eigenvalue weighted by Gasteiger charge is 2.23. The summed E-state index contributed by atoms with van der Waals surface area (Å²) in [6, 6.07) is 5.78. The van der Waals surface area contributed by atoms with Crippen LogP contribution in [0.3, 0.4) is 0 Å². The Morgan fingerprint density at radius 2 is 2.32 bits per heavy atom. The molecule has 1 amide bonds. The van der Waals surface area contributed by atoms with Gasteiger partial charge in [-0.25, -0.2) is 0 Å². The number of amides is 1. The van der Waals surface area contributed by atoms with Gasteiger partial charge in [0.15, 0.2) is 0 Å². The molecule has 1 aromatic carbocycles. The number of rotatable bonds is 4. The highest BCUT2D eigenvalue weighted by molar-refractivity contribution is 7.12. The molecule has 3 rings (SSSR count). The summed E-state index contributed by atoms with van der Waals surface area (Å²) in [6.45, 7) is 6.45. The van der Waals surface area contributed by atoms with Gasteiger partial charge in [-0.3, -0.25) is 4.79 Å². The van der Waals surface area contributed by atoms with E-state index < -0.39 is 0 Å². The molecule has 22 heavy (non-hydrogen) atoms. The Morgan fingerprint density at radius 1 is 1.50 bits per heavy atom. The van der Waals surface area contributed by atoms with E-state index in [-0.39, 0.29) is 12.0 Å². The van der Waals surface area contributed by atoms with E-state index in [0.29, 0.717) is 18.0 Å². The second-order valence-electron chi connectivity index (χ2n) is 5.41. The third-order valence-corrected chi connectivity index (χ3v) is 4.63. The molecule has 0 aliphatic carbocycles. The largest absolute Gasteiger partial charge is 0.492 e. The lowest BCUT2D eigenvalue weighted by Crippen LogP contribution is -2.12. The average Bonchev–Trinajstić information content (AvgIpc) is 3.04. The van der Waals surface area contributed by atoms with Gasteiger partial charge in [-0.2, -0.15) is 0 Å². The monoisotopic (exact) mass is 317 g/mol. The normalized spacial score (nSPS) is 16.0. The van der Waals surface area contributed by atoms with E-state index in [4.69, 9.17) is 9.47 Å². The topological polar surface area (TPSA) is 47.6 Å². The van der Waals surface area contributed by atoms with Gasteiger partial charge in [0.25, 0.3) is 5.91 Å². The molecular weight excluding hydrogens is 298 g/mol. The van der Waals surface area contributed by atoms with Gasteiger partial charge in [0, 0.05) is 18.1 Å². The first-order valence-corrected chi connectivity index (χ1v) is 8.28. The number of hydrogen-bond acceptors (Lipinski definition) is 4. The van der Waals surface area contributed by atoms with E-state index in [1.165, 1.54) is 11.3 Å². The summed E-state index contributed by atoms with van der Waals surface area (Å²) < 4.78 is 11.5. The number of benzene rings is 1. The number of thiophene rings is 1. The van der Waals surface area contributed by atoms with Crippen molar-refractivity contribution in [2.75, 3.05) is 11.9 Å². The number of nitrogens with one attached hydrogen (secondary N) is 1. The van der Waals surface area contributed by atoms with Crippen LogP contribution in [0.25, 0.3) is 0 Å². The number of carbonyl (C=O) groups is 1. The van der Waals surface area contributed by atoms with Crippen LogP contribution in [-0.4, -0.2) is 18.6 Å². The maximum absolute atomic E-state index is 12.4. The lowest BCUT2D eigenvalue weighted by Gasteiger charge is -2.13. The first-order valence-electron chi connectivity index (χ1n) is 7.40. The fourth-order valence-electron chi connectivity index (χ4n) is 2.60. The molecule has 0 bridgehead atoms. The Balaban J connectivity index is 1.91. The second-order valence-corrected chi connectivity index (χ2v) is 6.32. The van der Waals surface area contributed by atoms with Crippen molar-refractivity contribution in [1.29, 1.82) is 0 Å². The van der Waals surface area contributed by atoms with Gasteiger partial charge in [0.1, 0.15) is 17.6 Å². The smallest absolute Gasteiger partial charge is 0.266 e. The van der Waals surface area contributed by atoms with Gasteiger partial charge in [-0.05, 0) is 43.8 Å². The maximum atomic E-state index is 12.4. The van der Waals surface area contributed by atoms with Gasteiger partial charge in [-0.1, -0.05) is 0 Å². The maximum Gasteiger partial charge on any atom is 0.266 e. The zero-order valence-electron chi connectivity index (χ0n) is 12.9. The summed E-state index contributed by atoms with van der Waals surface area (Å²) >= 11 is 1.44. The molecule has 0 fully saturated rings. The lowest BCUT2D eigenvalue weighted by molar-refractivity contribution is 0.102. The second kappa shape index (κ2) is 6.01. The van der Waals surface area contributed by atoms with E-state index in [9.17, 15) is 4.79 Å². The van der Waals surface area contributed by atoms with Crippen LogP contribution in [-0.2, 0) is 6.42 Å². The molecule has 4 nitrogen and oxygen atoms in total. The zero-order valence-corrected chi connectivity index (χ0v) is 13.8. The predicted octanol–water partition coefficient (Wildman–Crippen LogP) is 4.03. The highest BCUT2D eigenvalue weighted by Crippen LogP contribution is 2.38. The molecule has 0 saturated carbocycles. The summed E-state index contributed by atoms with van der Waals surface area (Å²) in [7, 11) is 0. The van der Waals surface area contributed by atoms with Gasteiger partial charge in [0.2, 0.25) is 0 Å². The van der Waals surface area contributed by atoms with Gasteiger partial charge in [-0.15, -0.1) is 11.3 Å². The molecule has 1 aromatic heterocycles. The van der Waals surface area contributed by atoms with Crippen molar-refractivity contribution in [3.8, 4) is 11.5 Å². The van der Waals surface area contributed by atoms with Crippen LogP contribution >= 0.6 is 11.3 Å². The number of fused-ring (bicyclic) bond motifs is 1. The molecule has 116 valence electrons. The van der Waals surface area contributed by atoms with E-state index in [0.717, 1.165) is 28.2 Å². The van der Waals surface area contributed by atoms with Crippen LogP contribution in [0, 0.1) is 6.92 Å². The average molecular weight is 317 g/mol. The van der Waals surface area contributed by atoms with E-state index in [1.54, 1.807) is 0 Å². The molecule has 1 aliphatic heterocycles. The zero-order chi connectivity index (χ0) is 15.7. The van der Waals surface area contributed by atoms with Crippen molar-refractivity contribution in [2.45, 2.75) is 33.3 Å². The number of ether oxygens (including phenoxy) is 2. The predicted molar refractivity (Wildman–Crippen MR) is 88.4 cm³/mol. The first-order chi connectivity index (χ1) is 10.6. The molecule has 0 saturated heterocycles. The Bertz CT molecular complexity index is 708. The van der Waals surface area contributed by atoms with Crippen molar-refractivity contribution < 1.29 is 14.3 Å². The van der Waals surface area contributed by atoms with Crippen molar-refractivity contribution in [1.82, 2.24) is 0 Å². The Labute approximate surface area is 134 Å². The third-order valence-electron chi connectivity index (χ3n) is 3.61. The molecule has 0 spiro atoms. The number of aryl methyl sites for hydroxylation is 1. The van der Waals surface area contributed by atoms with Crippen molar-refractivity contribution >= 4 is 22.9 Å². The molecule has 1 N–H and O–H groups in total. The fourth-order valence-corrected chi connectivity index (χ4v) is 3.42. The Kier molecular flexibility index (Phi) is 4.07. The van der Waals surface area contributed by atoms with Crippen molar-refractivity contribution in [3.05, 3.63) is 39.6 Å². The molecule has 0 radical (unpaired) electrons.